The van der Waals surface area contributed by atoms with Crippen LogP contribution in [-0.4, -0.2) is 6.04 Å². The van der Waals surface area contributed by atoms with Crippen LogP contribution in [0.4, 0.5) is 4.39 Å². The molecule has 1 nitrogen and oxygen atoms in total. The average Bonchev–Trinajstić information content (AvgIpc) is 3.10. The monoisotopic (exact) mass is 273 g/mol. The Labute approximate surface area is 121 Å². The van der Waals surface area contributed by atoms with E-state index < -0.39 is 0 Å². The highest BCUT2D eigenvalue weighted by molar-refractivity contribution is 5.20. The number of hydrogen-bond donors (Lipinski definition) is 1. The van der Waals surface area contributed by atoms with Crippen molar-refractivity contribution in [3.63, 3.8) is 0 Å². The first kappa shape index (κ1) is 12.8. The zero-order valence-corrected chi connectivity index (χ0v) is 12.2. The second-order valence-corrected chi connectivity index (χ2v) is 7.20. The second-order valence-electron chi connectivity index (χ2n) is 7.20. The summed E-state index contributed by atoms with van der Waals surface area (Å²) >= 11 is 0. The molecular formula is C18H24FN. The zero-order chi connectivity index (χ0) is 13.7. The van der Waals surface area contributed by atoms with Gasteiger partial charge in [-0.25, -0.2) is 4.39 Å². The molecule has 0 spiro atoms. The third-order valence-corrected chi connectivity index (χ3v) is 6.24. The molecule has 5 unspecified atom stereocenters. The van der Waals surface area contributed by atoms with Gasteiger partial charge in [-0.05, 0) is 74.0 Å². The van der Waals surface area contributed by atoms with E-state index in [1.807, 2.05) is 12.1 Å². The van der Waals surface area contributed by atoms with Gasteiger partial charge >= 0.3 is 0 Å². The fourth-order valence-corrected chi connectivity index (χ4v) is 5.45. The smallest absolute Gasteiger partial charge is 0.123 e. The van der Waals surface area contributed by atoms with Crippen LogP contribution in [0.25, 0.3) is 0 Å². The molecule has 6 atom stereocenters. The van der Waals surface area contributed by atoms with Gasteiger partial charge in [-0.3, -0.25) is 0 Å². The lowest BCUT2D eigenvalue weighted by Gasteiger charge is -2.34. The van der Waals surface area contributed by atoms with Crippen molar-refractivity contribution in [3.05, 3.63) is 35.6 Å². The van der Waals surface area contributed by atoms with E-state index in [1.165, 1.54) is 38.2 Å². The SMILES string of the molecule is C[C@H](NC1CC2CC1C1CCCC21)c1cccc(F)c1. The minimum absolute atomic E-state index is 0.125. The maximum absolute atomic E-state index is 13.3. The van der Waals surface area contributed by atoms with E-state index >= 15 is 0 Å². The first-order valence-electron chi connectivity index (χ1n) is 8.24. The van der Waals surface area contributed by atoms with Crippen LogP contribution in [0.3, 0.4) is 0 Å². The van der Waals surface area contributed by atoms with Crippen LogP contribution in [0.2, 0.25) is 0 Å². The van der Waals surface area contributed by atoms with Gasteiger partial charge in [0.05, 0.1) is 0 Å². The Morgan fingerprint density at radius 3 is 2.85 bits per heavy atom. The van der Waals surface area contributed by atoms with Gasteiger partial charge in [-0.2, -0.15) is 0 Å². The lowest BCUT2D eigenvalue weighted by molar-refractivity contribution is 0.200. The van der Waals surface area contributed by atoms with Crippen LogP contribution in [0.1, 0.15) is 50.6 Å². The molecular weight excluding hydrogens is 249 g/mol. The molecule has 3 aliphatic rings. The number of nitrogens with one attached hydrogen (secondary N) is 1. The van der Waals surface area contributed by atoms with Gasteiger partial charge in [0.15, 0.2) is 0 Å². The van der Waals surface area contributed by atoms with Crippen molar-refractivity contribution in [2.45, 2.75) is 51.1 Å². The standard InChI is InChI=1S/C18H24FN/c1-11(12-4-2-5-14(19)8-12)20-18-10-13-9-17(18)16-7-3-6-15(13)16/h2,4-5,8,11,13,15-18,20H,3,6-7,9-10H2,1H3/t11-,13?,15?,16?,17?,18?/m0/s1. The fraction of sp³-hybridized carbons (Fsp3) is 0.667. The van der Waals surface area contributed by atoms with Crippen LogP contribution in [0, 0.1) is 29.5 Å². The van der Waals surface area contributed by atoms with Crippen LogP contribution >= 0.6 is 0 Å². The molecule has 0 aromatic heterocycles. The molecule has 3 saturated carbocycles. The number of fused-ring (bicyclic) bond motifs is 5. The lowest BCUT2D eigenvalue weighted by Crippen LogP contribution is -2.40. The highest BCUT2D eigenvalue weighted by Crippen LogP contribution is 2.58. The van der Waals surface area contributed by atoms with Gasteiger partial charge in [0.1, 0.15) is 5.82 Å². The van der Waals surface area contributed by atoms with Crippen molar-refractivity contribution in [1.29, 1.82) is 0 Å². The first-order valence-corrected chi connectivity index (χ1v) is 8.24. The maximum Gasteiger partial charge on any atom is 0.123 e. The van der Waals surface area contributed by atoms with Gasteiger partial charge in [0.25, 0.3) is 0 Å². The topological polar surface area (TPSA) is 12.0 Å². The van der Waals surface area contributed by atoms with E-state index in [2.05, 4.69) is 12.2 Å². The largest absolute Gasteiger partial charge is 0.307 e. The minimum Gasteiger partial charge on any atom is -0.307 e. The van der Waals surface area contributed by atoms with Gasteiger partial charge < -0.3 is 5.32 Å². The van der Waals surface area contributed by atoms with Gasteiger partial charge in [-0.15, -0.1) is 0 Å². The second kappa shape index (κ2) is 4.84. The normalized spacial score (nSPS) is 40.0. The van der Waals surface area contributed by atoms with E-state index in [-0.39, 0.29) is 11.9 Å². The quantitative estimate of drug-likeness (QED) is 0.865. The highest BCUT2D eigenvalue weighted by atomic mass is 19.1. The summed E-state index contributed by atoms with van der Waals surface area (Å²) in [5, 5.41) is 3.80. The molecule has 0 heterocycles. The molecule has 1 aromatic rings. The van der Waals surface area contributed by atoms with Gasteiger partial charge in [0.2, 0.25) is 0 Å². The summed E-state index contributed by atoms with van der Waals surface area (Å²) in [5.74, 6) is 3.78. The molecule has 108 valence electrons. The van der Waals surface area contributed by atoms with E-state index in [0.717, 1.165) is 29.2 Å². The molecule has 1 aromatic carbocycles. The van der Waals surface area contributed by atoms with Crippen LogP contribution in [0.5, 0.6) is 0 Å². The number of rotatable bonds is 3. The molecule has 0 radical (unpaired) electrons. The molecule has 3 fully saturated rings. The predicted octanol–water partition coefficient (Wildman–Crippen LogP) is 4.30. The highest BCUT2D eigenvalue weighted by Gasteiger charge is 2.53. The molecule has 20 heavy (non-hydrogen) atoms. The van der Waals surface area contributed by atoms with Gasteiger partial charge in [-0.1, -0.05) is 18.6 Å². The van der Waals surface area contributed by atoms with Crippen LogP contribution < -0.4 is 5.32 Å². The van der Waals surface area contributed by atoms with Crippen molar-refractivity contribution >= 4 is 0 Å². The van der Waals surface area contributed by atoms with Crippen molar-refractivity contribution in [3.8, 4) is 0 Å². The lowest BCUT2D eigenvalue weighted by atomic mass is 9.79. The third-order valence-electron chi connectivity index (χ3n) is 6.24. The average molecular weight is 273 g/mol. The summed E-state index contributed by atoms with van der Waals surface area (Å²) in [5.41, 5.74) is 1.08. The Bertz CT molecular complexity index is 500. The summed E-state index contributed by atoms with van der Waals surface area (Å²) in [6.45, 7) is 2.17. The van der Waals surface area contributed by atoms with Crippen LogP contribution in [-0.2, 0) is 0 Å². The molecule has 0 aliphatic heterocycles. The van der Waals surface area contributed by atoms with Crippen molar-refractivity contribution in [2.75, 3.05) is 0 Å². The number of benzene rings is 1. The van der Waals surface area contributed by atoms with E-state index in [0.29, 0.717) is 6.04 Å². The summed E-state index contributed by atoms with van der Waals surface area (Å²) in [7, 11) is 0. The Morgan fingerprint density at radius 1 is 1.15 bits per heavy atom. The molecule has 4 rings (SSSR count). The first-order chi connectivity index (χ1) is 9.72. The number of hydrogen-bond acceptors (Lipinski definition) is 1. The zero-order valence-electron chi connectivity index (χ0n) is 12.2. The number of halogens is 1. The fourth-order valence-electron chi connectivity index (χ4n) is 5.45. The summed E-state index contributed by atoms with van der Waals surface area (Å²) < 4.78 is 13.3. The third kappa shape index (κ3) is 2.00. The van der Waals surface area contributed by atoms with Crippen molar-refractivity contribution in [1.82, 2.24) is 5.32 Å². The molecule has 0 saturated heterocycles. The van der Waals surface area contributed by atoms with E-state index in [9.17, 15) is 4.39 Å². The Morgan fingerprint density at radius 2 is 2.00 bits per heavy atom. The molecule has 1 N–H and O–H groups in total. The van der Waals surface area contributed by atoms with Crippen molar-refractivity contribution < 1.29 is 4.39 Å². The molecule has 3 aliphatic carbocycles. The summed E-state index contributed by atoms with van der Waals surface area (Å²) in [6, 6.07) is 7.97. The van der Waals surface area contributed by atoms with E-state index in [1.54, 1.807) is 6.07 Å². The van der Waals surface area contributed by atoms with Crippen LogP contribution in [0.15, 0.2) is 24.3 Å². The summed E-state index contributed by atoms with van der Waals surface area (Å²) in [4.78, 5) is 0. The predicted molar refractivity (Wildman–Crippen MR) is 78.8 cm³/mol. The van der Waals surface area contributed by atoms with Gasteiger partial charge in [0, 0.05) is 12.1 Å². The maximum atomic E-state index is 13.3. The summed E-state index contributed by atoms with van der Waals surface area (Å²) in [6.07, 6.45) is 7.19. The molecule has 2 bridgehead atoms. The van der Waals surface area contributed by atoms with Crippen molar-refractivity contribution in [2.24, 2.45) is 23.7 Å². The van der Waals surface area contributed by atoms with E-state index in [4.69, 9.17) is 0 Å². The minimum atomic E-state index is -0.125. The Hall–Kier alpha value is -0.890. The molecule has 2 heteroatoms. The molecule has 0 amide bonds. The Balaban J connectivity index is 1.45. The Kier molecular flexibility index (Phi) is 3.10.